The summed E-state index contributed by atoms with van der Waals surface area (Å²) in [6, 6.07) is 19.5. The molecule has 1 aliphatic heterocycles. The molecule has 35 heavy (non-hydrogen) atoms. The first-order chi connectivity index (χ1) is 16.8. The number of imide groups is 1. The second kappa shape index (κ2) is 11.5. The molecule has 3 aromatic carbocycles. The predicted octanol–water partition coefficient (Wildman–Crippen LogP) is 6.85. The Morgan fingerprint density at radius 1 is 1.03 bits per heavy atom. The molecule has 1 saturated heterocycles. The predicted molar refractivity (Wildman–Crippen MR) is 148 cm³/mol. The van der Waals surface area contributed by atoms with Gasteiger partial charge in [0.25, 0.3) is 11.1 Å². The lowest BCUT2D eigenvalue weighted by atomic mass is 10.1. The summed E-state index contributed by atoms with van der Waals surface area (Å²) in [5.41, 5.74) is 1.99. The number of thioether (sulfide) groups is 1. The molecule has 0 spiro atoms. The summed E-state index contributed by atoms with van der Waals surface area (Å²) in [4.78, 5) is 38.9. The maximum absolute atomic E-state index is 12.9. The summed E-state index contributed by atoms with van der Waals surface area (Å²) in [5, 5.41) is 3.21. The normalized spacial score (nSPS) is 14.5. The highest BCUT2D eigenvalue weighted by molar-refractivity contribution is 14.1. The van der Waals surface area contributed by atoms with Crippen LogP contribution in [0, 0.1) is 3.57 Å². The molecule has 1 heterocycles. The summed E-state index contributed by atoms with van der Waals surface area (Å²) in [5.74, 6) is -0.542. The Morgan fingerprint density at radius 3 is 2.51 bits per heavy atom. The van der Waals surface area contributed by atoms with Crippen molar-refractivity contribution in [2.45, 2.75) is 6.61 Å². The van der Waals surface area contributed by atoms with Gasteiger partial charge in [0.15, 0.2) is 0 Å². The van der Waals surface area contributed by atoms with Gasteiger partial charge in [-0.05, 0) is 101 Å². The van der Waals surface area contributed by atoms with E-state index >= 15 is 0 Å². The van der Waals surface area contributed by atoms with Crippen molar-refractivity contribution >= 4 is 86.4 Å². The number of halogens is 3. The van der Waals surface area contributed by atoms with Crippen molar-refractivity contribution in [2.24, 2.45) is 0 Å². The molecule has 0 bridgehead atoms. The van der Waals surface area contributed by atoms with Gasteiger partial charge in [-0.3, -0.25) is 19.3 Å². The number of anilines is 1. The summed E-state index contributed by atoms with van der Waals surface area (Å²) in [6.45, 7) is -0.134. The van der Waals surface area contributed by atoms with Crippen LogP contribution in [0.2, 0.25) is 10.0 Å². The van der Waals surface area contributed by atoms with Crippen LogP contribution in [0.15, 0.2) is 71.6 Å². The van der Waals surface area contributed by atoms with Crippen molar-refractivity contribution < 1.29 is 19.1 Å². The maximum atomic E-state index is 12.9. The third kappa shape index (κ3) is 6.78. The van der Waals surface area contributed by atoms with Crippen molar-refractivity contribution in [1.29, 1.82) is 0 Å². The Morgan fingerprint density at radius 2 is 1.77 bits per heavy atom. The highest BCUT2D eigenvalue weighted by Gasteiger charge is 2.36. The van der Waals surface area contributed by atoms with Crippen LogP contribution in [-0.2, 0) is 16.2 Å². The number of carbonyl (C=O) groups is 3. The molecule has 0 atom stereocenters. The van der Waals surface area contributed by atoms with Gasteiger partial charge in [0, 0.05) is 24.9 Å². The van der Waals surface area contributed by atoms with E-state index < -0.39 is 17.1 Å². The molecule has 1 N–H and O–H groups in total. The van der Waals surface area contributed by atoms with E-state index in [1.807, 2.05) is 24.3 Å². The molecule has 0 saturated carbocycles. The maximum Gasteiger partial charge on any atom is 0.294 e. The second-order valence-electron chi connectivity index (χ2n) is 7.42. The molecule has 0 unspecified atom stereocenters. The first kappa shape index (κ1) is 25.6. The fourth-order valence-corrected chi connectivity index (χ4v) is 4.79. The van der Waals surface area contributed by atoms with Gasteiger partial charge in [0.05, 0.1) is 4.91 Å². The summed E-state index contributed by atoms with van der Waals surface area (Å²) in [7, 11) is 0. The topological polar surface area (TPSA) is 75.7 Å². The van der Waals surface area contributed by atoms with Gasteiger partial charge in [-0.25, -0.2) is 0 Å². The van der Waals surface area contributed by atoms with E-state index in [0.29, 0.717) is 27.0 Å². The fourth-order valence-electron chi connectivity index (χ4n) is 3.21. The highest BCUT2D eigenvalue weighted by atomic mass is 127. The minimum Gasteiger partial charge on any atom is -0.488 e. The smallest absolute Gasteiger partial charge is 0.294 e. The quantitative estimate of drug-likeness (QED) is 0.226. The lowest BCUT2D eigenvalue weighted by Gasteiger charge is -2.13. The standard InChI is InChI=1S/C25H17Cl2IN2O4S/c26-17-3-1-2-15(10-17)14-34-21-9-4-18(27)11-16(21)12-22-24(32)30(25(33)35-22)13-23(31)29-20-7-5-19(28)6-8-20/h1-12H,13-14H2,(H,29,31)/b22-12+. The van der Waals surface area contributed by atoms with Crippen LogP contribution in [0.3, 0.4) is 0 Å². The molecule has 10 heteroatoms. The molecular weight excluding hydrogens is 622 g/mol. The summed E-state index contributed by atoms with van der Waals surface area (Å²) in [6.07, 6.45) is 1.54. The zero-order valence-corrected chi connectivity index (χ0v) is 22.5. The first-order valence-corrected chi connectivity index (χ1v) is 12.9. The number of carbonyl (C=O) groups excluding carboxylic acids is 3. The SMILES string of the molecule is O=C(CN1C(=O)S/C(=C/c2cc(Cl)ccc2OCc2cccc(Cl)c2)C1=O)Nc1ccc(I)cc1. The average molecular weight is 639 g/mol. The number of hydrogen-bond acceptors (Lipinski definition) is 5. The monoisotopic (exact) mass is 638 g/mol. The van der Waals surface area contributed by atoms with E-state index in [1.165, 1.54) is 0 Å². The van der Waals surface area contributed by atoms with Gasteiger partial charge in [-0.15, -0.1) is 0 Å². The van der Waals surface area contributed by atoms with Gasteiger partial charge in [-0.2, -0.15) is 0 Å². The van der Waals surface area contributed by atoms with Gasteiger partial charge < -0.3 is 10.1 Å². The van der Waals surface area contributed by atoms with E-state index in [-0.39, 0.29) is 18.1 Å². The Bertz CT molecular complexity index is 1330. The molecule has 6 nitrogen and oxygen atoms in total. The molecular formula is C25H17Cl2IN2O4S. The van der Waals surface area contributed by atoms with Crippen molar-refractivity contribution in [3.63, 3.8) is 0 Å². The molecule has 0 aromatic heterocycles. The number of benzene rings is 3. The molecule has 4 rings (SSSR count). The van der Waals surface area contributed by atoms with E-state index in [1.54, 1.807) is 48.5 Å². The largest absolute Gasteiger partial charge is 0.488 e. The Hall–Kier alpha value is -2.53. The van der Waals surface area contributed by atoms with Gasteiger partial charge in [0.1, 0.15) is 18.9 Å². The van der Waals surface area contributed by atoms with E-state index in [9.17, 15) is 14.4 Å². The summed E-state index contributed by atoms with van der Waals surface area (Å²) < 4.78 is 6.95. The zero-order chi connectivity index (χ0) is 24.9. The minimum absolute atomic E-state index is 0.173. The van der Waals surface area contributed by atoms with Crippen molar-refractivity contribution in [3.8, 4) is 5.75 Å². The van der Waals surface area contributed by atoms with Crippen molar-refractivity contribution in [1.82, 2.24) is 4.90 Å². The van der Waals surface area contributed by atoms with Crippen LogP contribution in [0.4, 0.5) is 10.5 Å². The van der Waals surface area contributed by atoms with Gasteiger partial charge in [0.2, 0.25) is 5.91 Å². The van der Waals surface area contributed by atoms with Gasteiger partial charge in [-0.1, -0.05) is 35.3 Å². The van der Waals surface area contributed by atoms with E-state index in [0.717, 1.165) is 25.8 Å². The minimum atomic E-state index is -0.557. The van der Waals surface area contributed by atoms with Crippen LogP contribution in [0.1, 0.15) is 11.1 Å². The Labute approximate surface area is 229 Å². The van der Waals surface area contributed by atoms with Crippen LogP contribution >= 0.6 is 57.6 Å². The second-order valence-corrected chi connectivity index (χ2v) is 10.5. The zero-order valence-electron chi connectivity index (χ0n) is 18.0. The molecule has 3 aromatic rings. The molecule has 178 valence electrons. The number of hydrogen-bond donors (Lipinski definition) is 1. The number of nitrogens with zero attached hydrogens (tertiary/aromatic N) is 1. The number of ether oxygens (including phenoxy) is 1. The van der Waals surface area contributed by atoms with Crippen LogP contribution in [-0.4, -0.2) is 28.5 Å². The fraction of sp³-hybridized carbons (Fsp3) is 0.0800. The molecule has 0 radical (unpaired) electrons. The van der Waals surface area contributed by atoms with E-state index in [2.05, 4.69) is 27.9 Å². The highest BCUT2D eigenvalue weighted by Crippen LogP contribution is 2.35. The van der Waals surface area contributed by atoms with Crippen molar-refractivity contribution in [2.75, 3.05) is 11.9 Å². The average Bonchev–Trinajstić information content (AvgIpc) is 3.07. The lowest BCUT2D eigenvalue weighted by Crippen LogP contribution is -2.36. The lowest BCUT2D eigenvalue weighted by molar-refractivity contribution is -0.127. The Balaban J connectivity index is 1.48. The summed E-state index contributed by atoms with van der Waals surface area (Å²) >= 11 is 15.1. The number of nitrogens with one attached hydrogen (secondary N) is 1. The van der Waals surface area contributed by atoms with Gasteiger partial charge >= 0.3 is 0 Å². The van der Waals surface area contributed by atoms with E-state index in [4.69, 9.17) is 27.9 Å². The Kier molecular flexibility index (Phi) is 8.38. The van der Waals surface area contributed by atoms with Crippen LogP contribution in [0.25, 0.3) is 6.08 Å². The number of rotatable bonds is 7. The third-order valence-corrected chi connectivity index (χ3v) is 6.94. The molecule has 0 aliphatic carbocycles. The van der Waals surface area contributed by atoms with Crippen LogP contribution in [0.5, 0.6) is 5.75 Å². The first-order valence-electron chi connectivity index (χ1n) is 10.3. The van der Waals surface area contributed by atoms with Crippen molar-refractivity contribution in [3.05, 3.63) is 96.4 Å². The number of amides is 3. The molecule has 1 aliphatic rings. The molecule has 3 amide bonds. The molecule has 1 fully saturated rings. The van der Waals surface area contributed by atoms with Crippen LogP contribution < -0.4 is 10.1 Å². The third-order valence-electron chi connectivity index (χ3n) is 4.85.